The van der Waals surface area contributed by atoms with Crippen molar-refractivity contribution in [1.82, 2.24) is 15.6 Å². The first-order valence-corrected chi connectivity index (χ1v) is 7.23. The summed E-state index contributed by atoms with van der Waals surface area (Å²) in [7, 11) is 3.82. The first-order valence-electron chi connectivity index (χ1n) is 7.23. The Bertz CT molecular complexity index is 509. The van der Waals surface area contributed by atoms with Crippen molar-refractivity contribution in [3.63, 3.8) is 0 Å². The molecule has 0 aromatic carbocycles. The first-order chi connectivity index (χ1) is 10.3. The lowest BCUT2D eigenvalue weighted by atomic mass is 10.1. The number of halogens is 2. The van der Waals surface area contributed by atoms with Gasteiger partial charge in [0, 0.05) is 26.8 Å². The van der Waals surface area contributed by atoms with E-state index < -0.39 is 6.04 Å². The molecule has 0 saturated heterocycles. The predicted octanol–water partition coefficient (Wildman–Crippen LogP) is 0.707. The number of nitrogens with zero attached hydrogens (tertiary/aromatic N) is 2. The van der Waals surface area contributed by atoms with Crippen LogP contribution in [0.4, 0.5) is 5.82 Å². The number of nitrogens with one attached hydrogen (secondary N) is 2. The molecule has 4 N–H and O–H groups in total. The number of nitrogens with two attached hydrogens (primary N) is 1. The maximum Gasteiger partial charge on any atom is 0.239 e. The highest BCUT2D eigenvalue weighted by Gasteiger charge is 2.17. The maximum atomic E-state index is 11.7. The number of carbonyl (C=O) groups is 2. The van der Waals surface area contributed by atoms with E-state index in [4.69, 9.17) is 5.73 Å². The quantitative estimate of drug-likeness (QED) is 0.647. The topological polar surface area (TPSA) is 100 Å². The maximum absolute atomic E-state index is 11.7. The zero-order valence-electron chi connectivity index (χ0n) is 14.4. The molecule has 0 aliphatic heterocycles. The van der Waals surface area contributed by atoms with Crippen molar-refractivity contribution in [3.05, 3.63) is 23.9 Å². The fourth-order valence-electron chi connectivity index (χ4n) is 1.64. The van der Waals surface area contributed by atoms with E-state index in [-0.39, 0.29) is 49.1 Å². The third kappa shape index (κ3) is 8.33. The van der Waals surface area contributed by atoms with E-state index in [0.29, 0.717) is 6.54 Å². The van der Waals surface area contributed by atoms with E-state index in [1.54, 1.807) is 6.20 Å². The Labute approximate surface area is 155 Å². The summed E-state index contributed by atoms with van der Waals surface area (Å²) >= 11 is 0. The number of aromatic nitrogens is 1. The average Bonchev–Trinajstić information content (AvgIpc) is 2.49. The minimum absolute atomic E-state index is 0. The molecule has 1 atom stereocenters. The fraction of sp³-hybridized carbons (Fsp3) is 0.533. The van der Waals surface area contributed by atoms with Gasteiger partial charge in [0.1, 0.15) is 5.82 Å². The van der Waals surface area contributed by atoms with Crippen molar-refractivity contribution in [2.24, 2.45) is 11.7 Å². The molecule has 0 spiro atoms. The van der Waals surface area contributed by atoms with Crippen LogP contribution in [0.5, 0.6) is 0 Å². The van der Waals surface area contributed by atoms with Gasteiger partial charge in [0.25, 0.3) is 0 Å². The Morgan fingerprint density at radius 2 is 1.83 bits per heavy atom. The van der Waals surface area contributed by atoms with Crippen LogP contribution in [0.25, 0.3) is 0 Å². The number of anilines is 1. The molecule has 1 aromatic heterocycles. The molecule has 0 radical (unpaired) electrons. The van der Waals surface area contributed by atoms with Gasteiger partial charge in [-0.05, 0) is 17.5 Å². The van der Waals surface area contributed by atoms with Gasteiger partial charge >= 0.3 is 0 Å². The van der Waals surface area contributed by atoms with Crippen LogP contribution >= 0.6 is 24.8 Å². The highest BCUT2D eigenvalue weighted by Crippen LogP contribution is 2.07. The van der Waals surface area contributed by atoms with Crippen LogP contribution in [-0.2, 0) is 16.1 Å². The monoisotopic (exact) mass is 379 g/mol. The molecule has 1 heterocycles. The van der Waals surface area contributed by atoms with Gasteiger partial charge in [0.05, 0.1) is 12.6 Å². The lowest BCUT2D eigenvalue weighted by Gasteiger charge is -2.15. The molecule has 0 aliphatic carbocycles. The largest absolute Gasteiger partial charge is 0.363 e. The van der Waals surface area contributed by atoms with Crippen molar-refractivity contribution in [2.75, 3.05) is 25.5 Å². The van der Waals surface area contributed by atoms with Gasteiger partial charge in [-0.15, -0.1) is 24.8 Å². The summed E-state index contributed by atoms with van der Waals surface area (Å²) in [5.41, 5.74) is 6.59. The van der Waals surface area contributed by atoms with Crippen LogP contribution in [0.15, 0.2) is 18.3 Å². The van der Waals surface area contributed by atoms with Gasteiger partial charge in [0.2, 0.25) is 11.8 Å². The van der Waals surface area contributed by atoms with Crippen molar-refractivity contribution < 1.29 is 9.59 Å². The number of amides is 2. The van der Waals surface area contributed by atoms with E-state index in [2.05, 4.69) is 15.6 Å². The molecule has 0 bridgehead atoms. The van der Waals surface area contributed by atoms with E-state index in [9.17, 15) is 9.59 Å². The second kappa shape index (κ2) is 11.9. The molecule has 0 unspecified atom stereocenters. The highest BCUT2D eigenvalue weighted by atomic mass is 35.5. The summed E-state index contributed by atoms with van der Waals surface area (Å²) in [4.78, 5) is 29.5. The lowest BCUT2D eigenvalue weighted by molar-refractivity contribution is -0.127. The first kappa shape index (κ1) is 24.7. The molecule has 0 fully saturated rings. The molecule has 7 nitrogen and oxygen atoms in total. The van der Waals surface area contributed by atoms with Gasteiger partial charge in [-0.3, -0.25) is 9.59 Å². The Morgan fingerprint density at radius 1 is 1.21 bits per heavy atom. The van der Waals surface area contributed by atoms with E-state index in [1.165, 1.54) is 0 Å². The van der Waals surface area contributed by atoms with Gasteiger partial charge in [-0.1, -0.05) is 19.9 Å². The van der Waals surface area contributed by atoms with Gasteiger partial charge < -0.3 is 21.3 Å². The molecule has 2 amide bonds. The van der Waals surface area contributed by atoms with Crippen LogP contribution in [0, 0.1) is 5.92 Å². The fourth-order valence-corrected chi connectivity index (χ4v) is 1.64. The van der Waals surface area contributed by atoms with Crippen LogP contribution < -0.4 is 21.3 Å². The standard InChI is InChI=1S/C15H25N5O2.2ClH/c1-10(2)14(16)15(22)19-9-13(21)18-8-11-5-6-12(17-7-11)20(3)4;;/h5-7,10,14H,8-9,16H2,1-4H3,(H,18,21)(H,19,22);2*1H/t14-;;/m0../s1. The number of carbonyl (C=O) groups excluding carboxylic acids is 2. The normalized spacial score (nSPS) is 10.9. The number of hydrogen-bond donors (Lipinski definition) is 3. The van der Waals surface area contributed by atoms with Crippen LogP contribution in [-0.4, -0.2) is 43.5 Å². The number of pyridine rings is 1. The zero-order chi connectivity index (χ0) is 16.7. The Hall–Kier alpha value is -1.57. The Morgan fingerprint density at radius 3 is 2.29 bits per heavy atom. The molecular formula is C15H27Cl2N5O2. The molecule has 1 aromatic rings. The van der Waals surface area contributed by atoms with Gasteiger partial charge in [-0.2, -0.15) is 0 Å². The molecular weight excluding hydrogens is 353 g/mol. The third-order valence-electron chi connectivity index (χ3n) is 3.20. The van der Waals surface area contributed by atoms with Crippen molar-refractivity contribution in [2.45, 2.75) is 26.4 Å². The number of hydrogen-bond acceptors (Lipinski definition) is 5. The predicted molar refractivity (Wildman–Crippen MR) is 101 cm³/mol. The van der Waals surface area contributed by atoms with E-state index >= 15 is 0 Å². The van der Waals surface area contributed by atoms with Crippen molar-refractivity contribution in [3.8, 4) is 0 Å². The minimum atomic E-state index is -0.601. The summed E-state index contributed by atoms with van der Waals surface area (Å²) in [5.74, 6) is 0.303. The summed E-state index contributed by atoms with van der Waals surface area (Å²) < 4.78 is 0. The summed E-state index contributed by atoms with van der Waals surface area (Å²) in [6, 6.07) is 3.18. The van der Waals surface area contributed by atoms with Crippen LogP contribution in [0.1, 0.15) is 19.4 Å². The molecule has 0 saturated carbocycles. The summed E-state index contributed by atoms with van der Waals surface area (Å²) in [6.07, 6.45) is 1.71. The number of rotatable bonds is 7. The minimum Gasteiger partial charge on any atom is -0.363 e. The molecule has 1 rings (SSSR count). The molecule has 138 valence electrons. The third-order valence-corrected chi connectivity index (χ3v) is 3.20. The van der Waals surface area contributed by atoms with Crippen LogP contribution in [0.2, 0.25) is 0 Å². The van der Waals surface area contributed by atoms with E-state index in [0.717, 1.165) is 11.4 Å². The van der Waals surface area contributed by atoms with Gasteiger partial charge in [0.15, 0.2) is 0 Å². The van der Waals surface area contributed by atoms with Crippen LogP contribution in [0.3, 0.4) is 0 Å². The molecule has 0 aliphatic rings. The van der Waals surface area contributed by atoms with E-state index in [1.807, 2.05) is 45.0 Å². The van der Waals surface area contributed by atoms with Crippen molar-refractivity contribution in [1.29, 1.82) is 0 Å². The van der Waals surface area contributed by atoms with Gasteiger partial charge in [-0.25, -0.2) is 4.98 Å². The molecule has 24 heavy (non-hydrogen) atoms. The second-order valence-electron chi connectivity index (χ2n) is 5.68. The van der Waals surface area contributed by atoms with Crippen molar-refractivity contribution >= 4 is 42.4 Å². The molecule has 9 heteroatoms. The SMILES string of the molecule is CC(C)[C@H](N)C(=O)NCC(=O)NCc1ccc(N(C)C)nc1.Cl.Cl. The summed E-state index contributed by atoms with van der Waals surface area (Å²) in [5, 5.41) is 5.25. The highest BCUT2D eigenvalue weighted by molar-refractivity contribution is 5.87. The lowest BCUT2D eigenvalue weighted by Crippen LogP contribution is -2.47. The smallest absolute Gasteiger partial charge is 0.239 e. The zero-order valence-corrected chi connectivity index (χ0v) is 16.0. The second-order valence-corrected chi connectivity index (χ2v) is 5.68. The summed E-state index contributed by atoms with van der Waals surface area (Å²) in [6.45, 7) is 4.00. The average molecular weight is 380 g/mol. The Kier molecular flexibility index (Phi) is 12.2. The Balaban J connectivity index is 0.